The molecule has 0 heterocycles. The highest BCUT2D eigenvalue weighted by Gasteiger charge is 2.41. The Kier molecular flexibility index (Phi) is 6.26. The highest BCUT2D eigenvalue weighted by atomic mass is 35.5. The van der Waals surface area contributed by atoms with Gasteiger partial charge in [-0.15, -0.1) is 11.6 Å². The van der Waals surface area contributed by atoms with Crippen molar-refractivity contribution in [2.75, 3.05) is 13.2 Å². The third-order valence-corrected chi connectivity index (χ3v) is 4.64. The molecule has 0 aliphatic heterocycles. The van der Waals surface area contributed by atoms with Crippen molar-refractivity contribution >= 4 is 11.6 Å². The Balaban J connectivity index is 1.66. The van der Waals surface area contributed by atoms with Gasteiger partial charge in [-0.3, -0.25) is 0 Å². The summed E-state index contributed by atoms with van der Waals surface area (Å²) in [5.41, 5.74) is 0. The van der Waals surface area contributed by atoms with Crippen LogP contribution in [0, 0.1) is 5.92 Å². The van der Waals surface area contributed by atoms with Crippen LogP contribution < -0.4 is 0 Å². The Hall–Kier alpha value is 0.210. The van der Waals surface area contributed by atoms with Crippen LogP contribution in [-0.2, 0) is 9.47 Å². The van der Waals surface area contributed by atoms with Crippen molar-refractivity contribution < 1.29 is 9.47 Å². The highest BCUT2D eigenvalue weighted by molar-refractivity contribution is 6.21. The van der Waals surface area contributed by atoms with Crippen molar-refractivity contribution in [2.45, 2.75) is 75.9 Å². The van der Waals surface area contributed by atoms with Gasteiger partial charge in [-0.25, -0.2) is 0 Å². The number of alkyl halides is 1. The van der Waals surface area contributed by atoms with E-state index in [0.29, 0.717) is 0 Å². The normalized spacial score (nSPS) is 34.0. The molecule has 0 amide bonds. The van der Waals surface area contributed by atoms with Crippen LogP contribution in [0.2, 0.25) is 0 Å². The minimum absolute atomic E-state index is 0.136. The molecule has 3 atom stereocenters. The quantitative estimate of drug-likeness (QED) is 0.535. The first-order chi connectivity index (χ1) is 8.81. The van der Waals surface area contributed by atoms with Gasteiger partial charge in [0.15, 0.2) is 0 Å². The van der Waals surface area contributed by atoms with Gasteiger partial charge in [0.05, 0.1) is 11.5 Å². The monoisotopic (exact) mass is 274 g/mol. The third-order valence-electron chi connectivity index (χ3n) is 4.22. The van der Waals surface area contributed by atoms with Crippen molar-refractivity contribution in [3.05, 3.63) is 0 Å². The summed E-state index contributed by atoms with van der Waals surface area (Å²) in [6, 6.07) is 0. The number of ether oxygens (including phenoxy) is 2. The average molecular weight is 275 g/mol. The lowest BCUT2D eigenvalue weighted by Gasteiger charge is -2.41. The van der Waals surface area contributed by atoms with E-state index in [1.165, 1.54) is 38.5 Å². The molecule has 2 nitrogen and oxygen atoms in total. The van der Waals surface area contributed by atoms with Crippen LogP contribution in [0.15, 0.2) is 0 Å². The van der Waals surface area contributed by atoms with Crippen LogP contribution in [0.25, 0.3) is 0 Å². The average Bonchev–Trinajstić information content (AvgIpc) is 2.63. The molecule has 106 valence electrons. The molecule has 0 aromatic rings. The number of hydrogen-bond acceptors (Lipinski definition) is 2. The summed E-state index contributed by atoms with van der Waals surface area (Å²) in [6.45, 7) is 3.85. The number of hydrogen-bond donors (Lipinski definition) is 0. The summed E-state index contributed by atoms with van der Waals surface area (Å²) in [5, 5.41) is 0.163. The molecule has 0 aromatic heterocycles. The summed E-state index contributed by atoms with van der Waals surface area (Å²) in [4.78, 5) is 0. The highest BCUT2D eigenvalue weighted by Crippen LogP contribution is 2.33. The molecule has 0 bridgehead atoms. The maximum Gasteiger partial charge on any atom is 0.100 e. The Morgan fingerprint density at radius 1 is 1.06 bits per heavy atom. The lowest BCUT2D eigenvalue weighted by molar-refractivity contribution is -0.131. The van der Waals surface area contributed by atoms with Gasteiger partial charge >= 0.3 is 0 Å². The smallest absolute Gasteiger partial charge is 0.100 e. The SMILES string of the molecule is CCCOC1C(Cl)CC1OCC1CCCCCC1. The summed E-state index contributed by atoms with van der Waals surface area (Å²) < 4.78 is 11.8. The van der Waals surface area contributed by atoms with Gasteiger partial charge in [-0.2, -0.15) is 0 Å². The summed E-state index contributed by atoms with van der Waals surface area (Å²) in [5.74, 6) is 0.772. The Labute approximate surface area is 116 Å². The van der Waals surface area contributed by atoms with Gasteiger partial charge < -0.3 is 9.47 Å². The van der Waals surface area contributed by atoms with Crippen LogP contribution in [0.5, 0.6) is 0 Å². The van der Waals surface area contributed by atoms with E-state index in [2.05, 4.69) is 6.92 Å². The molecule has 2 fully saturated rings. The molecule has 0 radical (unpaired) electrons. The van der Waals surface area contributed by atoms with E-state index in [1.54, 1.807) is 0 Å². The first-order valence-corrected chi connectivity index (χ1v) is 8.12. The lowest BCUT2D eigenvalue weighted by atomic mass is 9.90. The molecule has 3 unspecified atom stereocenters. The standard InChI is InChI=1S/C15H27ClO2/c1-2-9-17-15-13(16)10-14(15)18-11-12-7-5-3-4-6-8-12/h12-15H,2-11H2,1H3. The second-order valence-electron chi connectivity index (χ2n) is 5.82. The molecular weight excluding hydrogens is 248 g/mol. The summed E-state index contributed by atoms with van der Waals surface area (Å²) >= 11 is 6.19. The van der Waals surface area contributed by atoms with E-state index in [0.717, 1.165) is 32.0 Å². The molecule has 0 spiro atoms. The van der Waals surface area contributed by atoms with Crippen molar-refractivity contribution in [3.8, 4) is 0 Å². The van der Waals surface area contributed by atoms with Gasteiger partial charge in [0, 0.05) is 13.2 Å². The number of halogens is 1. The predicted molar refractivity (Wildman–Crippen MR) is 75.2 cm³/mol. The van der Waals surface area contributed by atoms with Crippen LogP contribution in [0.4, 0.5) is 0 Å². The summed E-state index contributed by atoms with van der Waals surface area (Å²) in [6.07, 6.45) is 10.7. The van der Waals surface area contributed by atoms with Crippen molar-refractivity contribution in [3.63, 3.8) is 0 Å². The molecule has 18 heavy (non-hydrogen) atoms. The Bertz CT molecular complexity index is 227. The molecule has 0 N–H and O–H groups in total. The van der Waals surface area contributed by atoms with Crippen molar-refractivity contribution in [2.24, 2.45) is 5.92 Å². The van der Waals surface area contributed by atoms with Crippen LogP contribution in [0.1, 0.15) is 58.3 Å². The Morgan fingerprint density at radius 3 is 2.39 bits per heavy atom. The van der Waals surface area contributed by atoms with Crippen molar-refractivity contribution in [1.82, 2.24) is 0 Å². The van der Waals surface area contributed by atoms with E-state index in [4.69, 9.17) is 21.1 Å². The molecule has 0 saturated heterocycles. The van der Waals surface area contributed by atoms with Gasteiger partial charge in [-0.05, 0) is 31.6 Å². The molecule has 2 aliphatic rings. The molecule has 0 aromatic carbocycles. The van der Waals surface area contributed by atoms with Gasteiger partial charge in [0.1, 0.15) is 6.10 Å². The zero-order valence-electron chi connectivity index (χ0n) is 11.6. The molecule has 2 rings (SSSR count). The van der Waals surface area contributed by atoms with Gasteiger partial charge in [0.25, 0.3) is 0 Å². The first kappa shape index (κ1) is 14.6. The summed E-state index contributed by atoms with van der Waals surface area (Å²) in [7, 11) is 0. The predicted octanol–water partition coefficient (Wildman–Crippen LogP) is 4.15. The zero-order chi connectivity index (χ0) is 12.8. The van der Waals surface area contributed by atoms with Crippen LogP contribution >= 0.6 is 11.6 Å². The third kappa shape index (κ3) is 4.11. The van der Waals surface area contributed by atoms with Crippen LogP contribution in [-0.4, -0.2) is 30.8 Å². The molecular formula is C15H27ClO2. The maximum atomic E-state index is 6.19. The number of rotatable bonds is 6. The first-order valence-electron chi connectivity index (χ1n) is 7.68. The zero-order valence-corrected chi connectivity index (χ0v) is 12.3. The molecule has 2 aliphatic carbocycles. The Morgan fingerprint density at radius 2 is 1.78 bits per heavy atom. The second-order valence-corrected chi connectivity index (χ2v) is 6.38. The van der Waals surface area contributed by atoms with E-state index >= 15 is 0 Å². The lowest BCUT2D eigenvalue weighted by Crippen LogP contribution is -2.51. The molecule has 3 heteroatoms. The minimum Gasteiger partial charge on any atom is -0.375 e. The molecule has 2 saturated carbocycles. The van der Waals surface area contributed by atoms with Crippen molar-refractivity contribution in [1.29, 1.82) is 0 Å². The fourth-order valence-corrected chi connectivity index (χ4v) is 3.36. The second kappa shape index (κ2) is 7.72. The topological polar surface area (TPSA) is 18.5 Å². The maximum absolute atomic E-state index is 6.19. The van der Waals surface area contributed by atoms with Gasteiger partial charge in [0.2, 0.25) is 0 Å². The fraction of sp³-hybridized carbons (Fsp3) is 1.00. The van der Waals surface area contributed by atoms with E-state index in [-0.39, 0.29) is 17.6 Å². The van der Waals surface area contributed by atoms with E-state index < -0.39 is 0 Å². The van der Waals surface area contributed by atoms with Gasteiger partial charge in [-0.1, -0.05) is 32.6 Å². The fourth-order valence-electron chi connectivity index (χ4n) is 2.95. The largest absolute Gasteiger partial charge is 0.375 e. The van der Waals surface area contributed by atoms with E-state index in [9.17, 15) is 0 Å². The van der Waals surface area contributed by atoms with E-state index in [1.807, 2.05) is 0 Å². The van der Waals surface area contributed by atoms with Crippen LogP contribution in [0.3, 0.4) is 0 Å². The minimum atomic E-state index is 0.136.